The molecule has 1 aliphatic heterocycles. The second-order valence-electron chi connectivity index (χ2n) is 17.1. The summed E-state index contributed by atoms with van der Waals surface area (Å²) < 4.78 is 14.9. The maximum Gasteiger partial charge on any atom is 0.243 e. The molecule has 17 nitrogen and oxygen atoms in total. The predicted octanol–water partition coefficient (Wildman–Crippen LogP) is 4.98. The first-order valence-corrected chi connectivity index (χ1v) is 24.7. The van der Waals surface area contributed by atoms with Crippen molar-refractivity contribution in [3.05, 3.63) is 137 Å². The number of aliphatic hydroxyl groups is 1. The Hall–Kier alpha value is -6.81. The second kappa shape index (κ2) is 24.5. The number of carbonyl (C=O) groups is 6. The topological polar surface area (TPSA) is 267 Å². The van der Waals surface area contributed by atoms with Crippen molar-refractivity contribution in [1.82, 2.24) is 31.5 Å². The number of carbonyl (C=O) groups excluding carboxylic acids is 6. The summed E-state index contributed by atoms with van der Waals surface area (Å²) in [7, 11) is -3.37. The molecule has 5 rings (SSSR count). The van der Waals surface area contributed by atoms with Gasteiger partial charge in [0.1, 0.15) is 35.7 Å². The van der Waals surface area contributed by atoms with E-state index in [2.05, 4.69) is 26.6 Å². The molecule has 69 heavy (non-hydrogen) atoms. The Morgan fingerprint density at radius 3 is 2.09 bits per heavy atom. The molecule has 7 atom stereocenters. The summed E-state index contributed by atoms with van der Waals surface area (Å²) in [4.78, 5) is 93.5. The molecule has 4 aromatic carbocycles. The van der Waals surface area contributed by atoms with E-state index in [-0.39, 0.29) is 30.2 Å². The molecule has 1 aliphatic rings. The second-order valence-corrected chi connectivity index (χ2v) is 20.0. The van der Waals surface area contributed by atoms with Gasteiger partial charge in [-0.3, -0.25) is 33.3 Å². The first-order chi connectivity index (χ1) is 32.7. The van der Waals surface area contributed by atoms with Gasteiger partial charge in [0.25, 0.3) is 0 Å². The van der Waals surface area contributed by atoms with Gasteiger partial charge in [-0.05, 0) is 78.8 Å². The number of nitrogens with one attached hydrogen (secondary N) is 6. The van der Waals surface area contributed by atoms with Crippen molar-refractivity contribution < 1.29 is 48.4 Å². The van der Waals surface area contributed by atoms with Gasteiger partial charge in [0.2, 0.25) is 42.8 Å². The maximum atomic E-state index is 14.9. The molecule has 2 unspecified atom stereocenters. The van der Waals surface area contributed by atoms with Crippen LogP contribution in [0.25, 0.3) is 11.1 Å². The van der Waals surface area contributed by atoms with E-state index in [1.54, 1.807) is 72.8 Å². The number of amides is 6. The Labute approximate surface area is 406 Å². The van der Waals surface area contributed by atoms with Gasteiger partial charge in [-0.2, -0.15) is 0 Å². The number of phenols is 1. The lowest BCUT2D eigenvalue weighted by Gasteiger charge is -2.30. The fourth-order valence-electron chi connectivity index (χ4n) is 7.93. The number of hydrogen-bond donors (Lipinski definition) is 9. The van der Waals surface area contributed by atoms with Crippen molar-refractivity contribution >= 4 is 60.1 Å². The lowest BCUT2D eigenvalue weighted by molar-refractivity contribution is -0.138. The van der Waals surface area contributed by atoms with Gasteiger partial charge in [-0.25, -0.2) is 0 Å². The van der Waals surface area contributed by atoms with Crippen molar-refractivity contribution in [3.63, 3.8) is 0 Å². The van der Waals surface area contributed by atoms with Crippen molar-refractivity contribution in [2.75, 3.05) is 19.8 Å². The molecule has 6 amide bonds. The fourth-order valence-corrected chi connectivity index (χ4v) is 10.1. The van der Waals surface area contributed by atoms with E-state index in [1.807, 2.05) is 6.07 Å². The number of allylic oxidation sites excluding steroid dienone is 2. The zero-order valence-electron chi connectivity index (χ0n) is 38.8. The van der Waals surface area contributed by atoms with Crippen LogP contribution in [0.5, 0.6) is 5.75 Å². The van der Waals surface area contributed by atoms with E-state index in [4.69, 9.17) is 17.0 Å². The largest absolute Gasteiger partial charge is 0.512 e. The number of nitrogens with zero attached hydrogens (tertiary/aromatic N) is 1. The van der Waals surface area contributed by atoms with Crippen LogP contribution in [-0.2, 0) is 46.2 Å². The minimum atomic E-state index is -4.76. The van der Waals surface area contributed by atoms with Crippen LogP contribution in [0, 0.1) is 11.3 Å². The third-order valence-corrected chi connectivity index (χ3v) is 14.2. The van der Waals surface area contributed by atoms with Crippen molar-refractivity contribution in [3.8, 4) is 16.9 Å². The zero-order valence-corrected chi connectivity index (χ0v) is 40.4. The predicted molar refractivity (Wildman–Crippen MR) is 263 cm³/mol. The van der Waals surface area contributed by atoms with Crippen LogP contribution in [-0.4, -0.2) is 111 Å². The maximum absolute atomic E-state index is 14.9. The summed E-state index contributed by atoms with van der Waals surface area (Å²) in [5.41, 5.74) is 2.94. The monoisotopic (exact) mass is 983 g/mol. The van der Waals surface area contributed by atoms with E-state index >= 15 is 0 Å². The number of rotatable bonds is 21. The smallest absolute Gasteiger partial charge is 0.243 e. The molecular weight excluding hydrogens is 925 g/mol. The van der Waals surface area contributed by atoms with E-state index in [0.29, 0.717) is 41.1 Å². The fraction of sp³-hybridized carbons (Fsp3) is 0.340. The molecule has 1 fully saturated rings. The lowest BCUT2D eigenvalue weighted by atomic mass is 9.99. The van der Waals surface area contributed by atoms with Crippen LogP contribution in [0.2, 0.25) is 5.02 Å². The summed E-state index contributed by atoms with van der Waals surface area (Å²) in [6.45, 7) is 4.57. The SMILES string of the molecule is CNC(=O)[C@@H](C)NC(=O)[C@H](Cc1ccc(O)cc1)NC(=O)C(C/C(O)=C/C(=N)c1ccc(-c2cccc(Cl)c2)cc1)CP(=O)(O)[C@H](Cc1ccccc1)NC(=O)[C@@H](C)NC(=O)[C@@H]1CCCN1C(C)=O. The average molecular weight is 984 g/mol. The van der Waals surface area contributed by atoms with Crippen molar-refractivity contribution in [2.24, 2.45) is 5.92 Å². The van der Waals surface area contributed by atoms with Crippen LogP contribution in [0.15, 0.2) is 115 Å². The van der Waals surface area contributed by atoms with E-state index in [9.17, 15) is 48.4 Å². The van der Waals surface area contributed by atoms with Gasteiger partial charge in [-0.1, -0.05) is 90.5 Å². The average Bonchev–Trinajstić information content (AvgIpc) is 3.83. The molecule has 0 aromatic heterocycles. The Morgan fingerprint density at radius 1 is 0.797 bits per heavy atom. The van der Waals surface area contributed by atoms with E-state index < -0.39 is 91.1 Å². The lowest BCUT2D eigenvalue weighted by Crippen LogP contribution is -2.54. The molecule has 366 valence electrons. The van der Waals surface area contributed by atoms with Crippen LogP contribution in [0.4, 0.5) is 0 Å². The highest BCUT2D eigenvalue weighted by Crippen LogP contribution is 2.49. The highest BCUT2D eigenvalue weighted by molar-refractivity contribution is 7.58. The third-order valence-electron chi connectivity index (χ3n) is 11.8. The van der Waals surface area contributed by atoms with E-state index in [1.165, 1.54) is 57.0 Å². The van der Waals surface area contributed by atoms with E-state index in [0.717, 1.165) is 17.2 Å². The highest BCUT2D eigenvalue weighted by atomic mass is 35.5. The molecule has 1 heterocycles. The highest BCUT2D eigenvalue weighted by Gasteiger charge is 2.40. The standard InChI is InChI=1S/C50H59ClN7O10P/c1-30(46(62)53-4)54-49(65)43(24-34-15-21-40(60)22-16-34)56-48(64)38(27-41(61)28-42(52)36-19-17-35(18-20-36)37-12-8-13-39(51)26-37)29-69(67,68)45(25-33-10-6-5-7-11-33)57-47(63)31(2)55-50(66)44-14-9-23-58(44)32(3)59/h5-8,10-13,15-22,26,28,30-31,38,43-45,52,60-61H,9,14,23-25,27,29H2,1-4H3,(H,53,62)(H,54,65)(H,55,66)(H,56,64)(H,57,63)(H,67,68)/b41-28-,52-42?/t30-,31-,38?,43+,44+,45-/m1/s1. The molecule has 19 heteroatoms. The number of likely N-dealkylation sites (tertiary alicyclic amines) is 1. The minimum absolute atomic E-state index is 0.0527. The molecule has 0 spiro atoms. The van der Waals surface area contributed by atoms with Crippen molar-refractivity contribution in [1.29, 1.82) is 5.41 Å². The molecular formula is C50H59ClN7O10P. The number of phenolic OH excluding ortho intramolecular Hbond substituents is 1. The molecule has 0 radical (unpaired) electrons. The number of aromatic hydroxyl groups is 1. The quantitative estimate of drug-likeness (QED) is 0.0307. The molecule has 0 aliphatic carbocycles. The minimum Gasteiger partial charge on any atom is -0.512 e. The Balaban J connectivity index is 1.46. The van der Waals surface area contributed by atoms with Gasteiger partial charge in [0.15, 0.2) is 0 Å². The number of halogens is 1. The van der Waals surface area contributed by atoms with Gasteiger partial charge in [0, 0.05) is 57.0 Å². The third kappa shape index (κ3) is 15.3. The van der Waals surface area contributed by atoms with Crippen LogP contribution in [0.1, 0.15) is 56.7 Å². The zero-order chi connectivity index (χ0) is 50.4. The summed E-state index contributed by atoms with van der Waals surface area (Å²) in [6, 6.07) is 24.0. The molecule has 9 N–H and O–H groups in total. The van der Waals surface area contributed by atoms with Gasteiger partial charge in [-0.15, -0.1) is 0 Å². The van der Waals surface area contributed by atoms with Crippen LogP contribution in [0.3, 0.4) is 0 Å². The van der Waals surface area contributed by atoms with Gasteiger partial charge < -0.3 is 52.0 Å². The number of likely N-dealkylation sites (N-methyl/N-ethyl adjacent to an activating group) is 1. The van der Waals surface area contributed by atoms with Gasteiger partial charge >= 0.3 is 0 Å². The number of aliphatic hydroxyl groups excluding tert-OH is 1. The number of hydrogen-bond acceptors (Lipinski definition) is 10. The first kappa shape index (κ1) is 53.1. The summed E-state index contributed by atoms with van der Waals surface area (Å²) in [5, 5.41) is 43.6. The van der Waals surface area contributed by atoms with Crippen molar-refractivity contribution in [2.45, 2.75) is 82.8 Å². The Kier molecular flexibility index (Phi) is 18.8. The Morgan fingerprint density at radius 2 is 1.45 bits per heavy atom. The van der Waals surface area contributed by atoms with Gasteiger partial charge in [0.05, 0.1) is 17.4 Å². The van der Waals surface area contributed by atoms with Crippen LogP contribution < -0.4 is 26.6 Å². The normalized spacial score (nSPS) is 16.6. The molecule has 0 bridgehead atoms. The Bertz CT molecular complexity index is 2580. The molecule has 4 aromatic rings. The number of benzene rings is 4. The molecule has 1 saturated heterocycles. The van der Waals surface area contributed by atoms with Crippen LogP contribution >= 0.6 is 19.0 Å². The molecule has 0 saturated carbocycles. The summed E-state index contributed by atoms with van der Waals surface area (Å²) in [6.07, 6.45) is 0.294. The first-order valence-electron chi connectivity index (χ1n) is 22.4. The summed E-state index contributed by atoms with van der Waals surface area (Å²) in [5.74, 6) is -7.62. The summed E-state index contributed by atoms with van der Waals surface area (Å²) >= 11 is 6.18.